The SMILES string of the molecule is C/C1=C\c2ccccc2C/C=C\c2cc(-c3ccccc3)n(-c3nc(-c4ccccc4)c4ccccc4n3)c21. The fraction of sp³-hybridized carbons (Fsp3) is 0.0556. The van der Waals surface area contributed by atoms with Gasteiger partial charge in [0.05, 0.1) is 22.6 Å². The molecule has 0 fully saturated rings. The van der Waals surface area contributed by atoms with Crippen molar-refractivity contribution >= 4 is 28.6 Å². The van der Waals surface area contributed by atoms with Crippen LogP contribution in [-0.4, -0.2) is 14.5 Å². The van der Waals surface area contributed by atoms with Gasteiger partial charge in [-0.25, -0.2) is 9.97 Å². The first kappa shape index (κ1) is 23.1. The molecule has 0 spiro atoms. The van der Waals surface area contributed by atoms with Gasteiger partial charge in [0.2, 0.25) is 5.95 Å². The van der Waals surface area contributed by atoms with E-state index in [4.69, 9.17) is 9.97 Å². The van der Waals surface area contributed by atoms with Crippen LogP contribution in [0.25, 0.3) is 57.1 Å². The van der Waals surface area contributed by atoms with Crippen molar-refractivity contribution in [1.29, 1.82) is 0 Å². The van der Waals surface area contributed by atoms with Crippen LogP contribution in [0.3, 0.4) is 0 Å². The molecule has 7 rings (SSSR count). The van der Waals surface area contributed by atoms with E-state index in [1.165, 1.54) is 16.7 Å². The number of rotatable bonds is 3. The lowest BCUT2D eigenvalue weighted by atomic mass is 10.0. The number of aromatic nitrogens is 3. The minimum Gasteiger partial charge on any atom is -0.278 e. The highest BCUT2D eigenvalue weighted by Gasteiger charge is 2.22. The zero-order valence-electron chi connectivity index (χ0n) is 21.8. The molecule has 0 aliphatic heterocycles. The van der Waals surface area contributed by atoms with Gasteiger partial charge in [0.15, 0.2) is 0 Å². The van der Waals surface area contributed by atoms with E-state index in [1.807, 2.05) is 12.1 Å². The van der Waals surface area contributed by atoms with Crippen LogP contribution >= 0.6 is 0 Å². The molecule has 4 aromatic carbocycles. The quantitative estimate of drug-likeness (QED) is 0.242. The first-order chi connectivity index (χ1) is 19.3. The fourth-order valence-corrected chi connectivity index (χ4v) is 5.55. The minimum atomic E-state index is 0.668. The molecule has 0 amide bonds. The highest BCUT2D eigenvalue weighted by Crippen LogP contribution is 2.37. The van der Waals surface area contributed by atoms with Crippen LogP contribution in [0.2, 0.25) is 0 Å². The van der Waals surface area contributed by atoms with Crippen molar-refractivity contribution in [1.82, 2.24) is 14.5 Å². The molecule has 0 atom stereocenters. The normalized spacial score (nSPS) is 14.8. The third-order valence-electron chi connectivity index (χ3n) is 7.37. The van der Waals surface area contributed by atoms with Crippen LogP contribution in [0.4, 0.5) is 0 Å². The van der Waals surface area contributed by atoms with Crippen molar-refractivity contribution in [3.05, 3.63) is 144 Å². The average molecular weight is 502 g/mol. The van der Waals surface area contributed by atoms with E-state index in [0.717, 1.165) is 51.1 Å². The summed E-state index contributed by atoms with van der Waals surface area (Å²) in [5, 5.41) is 1.04. The zero-order chi connectivity index (χ0) is 26.2. The van der Waals surface area contributed by atoms with Crippen LogP contribution in [0, 0.1) is 0 Å². The largest absolute Gasteiger partial charge is 0.278 e. The van der Waals surface area contributed by atoms with Crippen LogP contribution in [-0.2, 0) is 6.42 Å². The molecule has 3 nitrogen and oxygen atoms in total. The summed E-state index contributed by atoms with van der Waals surface area (Å²) in [6.07, 6.45) is 7.69. The molecule has 2 heterocycles. The lowest BCUT2D eigenvalue weighted by molar-refractivity contribution is 0.945. The lowest BCUT2D eigenvalue weighted by Gasteiger charge is -2.16. The monoisotopic (exact) mass is 501 g/mol. The molecule has 39 heavy (non-hydrogen) atoms. The van der Waals surface area contributed by atoms with Gasteiger partial charge in [-0.2, -0.15) is 0 Å². The molecule has 1 aliphatic carbocycles. The van der Waals surface area contributed by atoms with E-state index in [9.17, 15) is 0 Å². The Morgan fingerprint density at radius 1 is 0.667 bits per heavy atom. The predicted molar refractivity (Wildman–Crippen MR) is 162 cm³/mol. The first-order valence-electron chi connectivity index (χ1n) is 13.3. The number of fused-ring (bicyclic) bond motifs is 3. The Hall–Kier alpha value is -5.02. The van der Waals surface area contributed by atoms with Gasteiger partial charge in [-0.15, -0.1) is 0 Å². The highest BCUT2D eigenvalue weighted by atomic mass is 15.2. The standard InChI is InChI=1S/C36H27N3/c1-25-23-29-18-9-8-13-26(29)19-12-20-30-24-33(27-14-4-2-5-15-27)39(35(25)30)36-37-32-22-11-10-21-31(32)34(38-36)28-16-6-3-7-17-28/h2-18,20-24H,19H2,1H3/b20-12-,25-23+. The second-order valence-electron chi connectivity index (χ2n) is 9.92. The van der Waals surface area contributed by atoms with Gasteiger partial charge in [0.25, 0.3) is 0 Å². The van der Waals surface area contributed by atoms with E-state index in [0.29, 0.717) is 5.95 Å². The van der Waals surface area contributed by atoms with E-state index in [1.54, 1.807) is 0 Å². The van der Waals surface area contributed by atoms with Gasteiger partial charge >= 0.3 is 0 Å². The lowest BCUT2D eigenvalue weighted by Crippen LogP contribution is -2.08. The molecular formula is C36H27N3. The molecule has 0 radical (unpaired) electrons. The molecule has 0 saturated heterocycles. The molecule has 1 aliphatic rings. The number of nitrogens with zero attached hydrogens (tertiary/aromatic N) is 3. The summed E-state index contributed by atoms with van der Waals surface area (Å²) in [5.74, 6) is 0.668. The second kappa shape index (κ2) is 9.70. The maximum atomic E-state index is 5.26. The third-order valence-corrected chi connectivity index (χ3v) is 7.37. The molecule has 0 bridgehead atoms. The van der Waals surface area contributed by atoms with Gasteiger partial charge in [-0.1, -0.05) is 115 Å². The molecule has 6 aromatic rings. The van der Waals surface area contributed by atoms with Crippen molar-refractivity contribution in [2.24, 2.45) is 0 Å². The van der Waals surface area contributed by atoms with Gasteiger partial charge < -0.3 is 0 Å². The minimum absolute atomic E-state index is 0.668. The number of benzene rings is 4. The fourth-order valence-electron chi connectivity index (χ4n) is 5.55. The Morgan fingerprint density at radius 2 is 1.36 bits per heavy atom. The summed E-state index contributed by atoms with van der Waals surface area (Å²) in [5.41, 5.74) is 11.1. The Kier molecular flexibility index (Phi) is 5.75. The summed E-state index contributed by atoms with van der Waals surface area (Å²) >= 11 is 0. The van der Waals surface area contributed by atoms with Crippen molar-refractivity contribution < 1.29 is 0 Å². The smallest absolute Gasteiger partial charge is 0.235 e. The van der Waals surface area contributed by atoms with Gasteiger partial charge in [-0.05, 0) is 53.8 Å². The number of hydrogen-bond acceptors (Lipinski definition) is 2. The molecule has 2 aromatic heterocycles. The number of hydrogen-bond donors (Lipinski definition) is 0. The Labute approximate surface area is 228 Å². The molecule has 0 N–H and O–H groups in total. The first-order valence-corrected chi connectivity index (χ1v) is 13.3. The maximum absolute atomic E-state index is 5.26. The Balaban J connectivity index is 1.56. The summed E-state index contributed by atoms with van der Waals surface area (Å²) in [6.45, 7) is 2.19. The average Bonchev–Trinajstić information content (AvgIpc) is 3.39. The molecule has 0 unspecified atom stereocenters. The van der Waals surface area contributed by atoms with Gasteiger partial charge in [-0.3, -0.25) is 4.57 Å². The van der Waals surface area contributed by atoms with Crippen molar-refractivity contribution in [3.63, 3.8) is 0 Å². The molecule has 186 valence electrons. The summed E-state index contributed by atoms with van der Waals surface area (Å²) in [4.78, 5) is 10.4. The Bertz CT molecular complexity index is 1880. The van der Waals surface area contributed by atoms with E-state index >= 15 is 0 Å². The van der Waals surface area contributed by atoms with Crippen LogP contribution < -0.4 is 0 Å². The Morgan fingerprint density at radius 3 is 2.18 bits per heavy atom. The number of para-hydroxylation sites is 1. The molecule has 3 heteroatoms. The summed E-state index contributed by atoms with van der Waals surface area (Å²) < 4.78 is 2.24. The highest BCUT2D eigenvalue weighted by molar-refractivity contribution is 5.93. The van der Waals surface area contributed by atoms with E-state index in [2.05, 4.69) is 133 Å². The maximum Gasteiger partial charge on any atom is 0.235 e. The van der Waals surface area contributed by atoms with Crippen molar-refractivity contribution in [2.75, 3.05) is 0 Å². The molecule has 0 saturated carbocycles. The van der Waals surface area contributed by atoms with Gasteiger partial charge in [0, 0.05) is 16.5 Å². The summed E-state index contributed by atoms with van der Waals surface area (Å²) in [7, 11) is 0. The van der Waals surface area contributed by atoms with Crippen LogP contribution in [0.15, 0.2) is 121 Å². The second-order valence-corrected chi connectivity index (χ2v) is 9.92. The van der Waals surface area contributed by atoms with E-state index < -0.39 is 0 Å². The predicted octanol–water partition coefficient (Wildman–Crippen LogP) is 8.88. The van der Waals surface area contributed by atoms with Crippen LogP contribution in [0.5, 0.6) is 0 Å². The topological polar surface area (TPSA) is 30.7 Å². The molecular weight excluding hydrogens is 474 g/mol. The summed E-state index contributed by atoms with van der Waals surface area (Å²) in [6, 6.07) is 40.1. The van der Waals surface area contributed by atoms with Crippen LogP contribution in [0.1, 0.15) is 29.3 Å². The zero-order valence-corrected chi connectivity index (χ0v) is 21.8. The van der Waals surface area contributed by atoms with Gasteiger partial charge in [0.1, 0.15) is 0 Å². The van der Waals surface area contributed by atoms with Crippen molar-refractivity contribution in [3.8, 4) is 28.5 Å². The number of allylic oxidation sites excluding steroid dienone is 2. The third kappa shape index (κ3) is 4.18. The van der Waals surface area contributed by atoms with Crippen molar-refractivity contribution in [2.45, 2.75) is 13.3 Å². The van der Waals surface area contributed by atoms with E-state index in [-0.39, 0.29) is 0 Å².